The summed E-state index contributed by atoms with van der Waals surface area (Å²) in [6.45, 7) is 5.88. The molecule has 0 aliphatic carbocycles. The van der Waals surface area contributed by atoms with Crippen molar-refractivity contribution < 1.29 is 19.0 Å². The minimum Gasteiger partial charge on any atom is -0.468 e. The van der Waals surface area contributed by atoms with Crippen LogP contribution in [0.25, 0.3) is 0 Å². The highest BCUT2D eigenvalue weighted by Gasteiger charge is 2.22. The minimum absolute atomic E-state index is 0.206. The van der Waals surface area contributed by atoms with Crippen LogP contribution in [0.2, 0.25) is 0 Å². The first kappa shape index (κ1) is 13.4. The number of hydrogen-bond donors (Lipinski definition) is 1. The van der Waals surface area contributed by atoms with Gasteiger partial charge in [-0.25, -0.2) is 0 Å². The Morgan fingerprint density at radius 1 is 1.50 bits per heavy atom. The molecule has 1 heterocycles. The number of carbonyl (C=O) groups is 1. The lowest BCUT2D eigenvalue weighted by Gasteiger charge is -2.27. The molecule has 0 amide bonds. The molecule has 5 nitrogen and oxygen atoms in total. The first-order valence-electron chi connectivity index (χ1n) is 5.66. The predicted molar refractivity (Wildman–Crippen MR) is 59.3 cm³/mol. The van der Waals surface area contributed by atoms with E-state index in [1.165, 1.54) is 7.11 Å². The Balaban J connectivity index is 2.22. The van der Waals surface area contributed by atoms with Crippen molar-refractivity contribution in [2.45, 2.75) is 38.5 Å². The third kappa shape index (κ3) is 4.47. The molecule has 1 atom stereocenters. The van der Waals surface area contributed by atoms with Gasteiger partial charge in [0, 0.05) is 12.6 Å². The molecular weight excluding hydrogens is 210 g/mol. The van der Waals surface area contributed by atoms with Crippen LogP contribution in [0, 0.1) is 0 Å². The zero-order valence-electron chi connectivity index (χ0n) is 10.2. The van der Waals surface area contributed by atoms with Crippen LogP contribution in [-0.4, -0.2) is 51.1 Å². The number of carbonyl (C=O) groups excluding carboxylic acids is 1. The van der Waals surface area contributed by atoms with Gasteiger partial charge >= 0.3 is 5.97 Å². The van der Waals surface area contributed by atoms with E-state index in [4.69, 9.17) is 14.2 Å². The van der Waals surface area contributed by atoms with E-state index in [9.17, 15) is 4.79 Å². The van der Waals surface area contributed by atoms with E-state index in [0.717, 1.165) is 0 Å². The molecular formula is C11H21NO4. The van der Waals surface area contributed by atoms with Crippen LogP contribution in [0.3, 0.4) is 0 Å². The Hall–Kier alpha value is -0.650. The van der Waals surface area contributed by atoms with Gasteiger partial charge in [-0.05, 0) is 6.42 Å². The van der Waals surface area contributed by atoms with E-state index in [-0.39, 0.29) is 24.2 Å². The van der Waals surface area contributed by atoms with E-state index in [2.05, 4.69) is 5.32 Å². The van der Waals surface area contributed by atoms with Crippen molar-refractivity contribution in [3.05, 3.63) is 0 Å². The molecule has 0 radical (unpaired) electrons. The Bertz CT molecular complexity index is 216. The normalized spacial score (nSPS) is 18.2. The van der Waals surface area contributed by atoms with Crippen LogP contribution in [0.5, 0.6) is 0 Å². The topological polar surface area (TPSA) is 56.8 Å². The molecule has 5 heteroatoms. The van der Waals surface area contributed by atoms with Gasteiger partial charge in [0.25, 0.3) is 0 Å². The van der Waals surface area contributed by atoms with Gasteiger partial charge in [0.05, 0.1) is 20.3 Å². The highest BCUT2D eigenvalue weighted by atomic mass is 16.6. The molecule has 1 N–H and O–H groups in total. The van der Waals surface area contributed by atoms with Crippen LogP contribution >= 0.6 is 0 Å². The Labute approximate surface area is 96.4 Å². The fraction of sp³-hybridized carbons (Fsp3) is 0.909. The lowest BCUT2D eigenvalue weighted by atomic mass is 10.2. The maximum Gasteiger partial charge on any atom is 0.322 e. The van der Waals surface area contributed by atoms with Gasteiger partial charge in [0.15, 0.2) is 0 Å². The standard InChI is InChI=1S/C11H21NO4/c1-8(2)12-10(11(13)14-3)4-5-16-9-6-15-7-9/h8-10,12H,4-7H2,1-3H3. The number of hydrogen-bond acceptors (Lipinski definition) is 5. The number of methoxy groups -OCH3 is 1. The second-order valence-electron chi connectivity index (χ2n) is 4.22. The first-order valence-corrected chi connectivity index (χ1v) is 5.66. The largest absolute Gasteiger partial charge is 0.468 e. The van der Waals surface area contributed by atoms with Crippen molar-refractivity contribution in [3.8, 4) is 0 Å². The van der Waals surface area contributed by atoms with E-state index in [0.29, 0.717) is 26.2 Å². The first-order chi connectivity index (χ1) is 7.63. The number of ether oxygens (including phenoxy) is 3. The van der Waals surface area contributed by atoms with Gasteiger partial charge in [-0.3, -0.25) is 4.79 Å². The zero-order chi connectivity index (χ0) is 12.0. The number of esters is 1. The number of rotatable bonds is 7. The molecule has 16 heavy (non-hydrogen) atoms. The van der Waals surface area contributed by atoms with Gasteiger partial charge in [0.2, 0.25) is 0 Å². The van der Waals surface area contributed by atoms with E-state index < -0.39 is 0 Å². The third-order valence-corrected chi connectivity index (χ3v) is 2.39. The van der Waals surface area contributed by atoms with Crippen LogP contribution in [0.1, 0.15) is 20.3 Å². The van der Waals surface area contributed by atoms with Gasteiger partial charge < -0.3 is 19.5 Å². The summed E-state index contributed by atoms with van der Waals surface area (Å²) in [6.07, 6.45) is 0.832. The second-order valence-corrected chi connectivity index (χ2v) is 4.22. The summed E-state index contributed by atoms with van der Waals surface area (Å²) >= 11 is 0. The fourth-order valence-corrected chi connectivity index (χ4v) is 1.48. The van der Waals surface area contributed by atoms with Crippen molar-refractivity contribution in [3.63, 3.8) is 0 Å². The summed E-state index contributed by atoms with van der Waals surface area (Å²) in [5.41, 5.74) is 0. The van der Waals surface area contributed by atoms with Crippen molar-refractivity contribution in [1.29, 1.82) is 0 Å². The minimum atomic E-state index is -0.286. The monoisotopic (exact) mass is 231 g/mol. The maximum atomic E-state index is 11.4. The molecule has 94 valence electrons. The highest BCUT2D eigenvalue weighted by molar-refractivity contribution is 5.75. The highest BCUT2D eigenvalue weighted by Crippen LogP contribution is 2.07. The average Bonchev–Trinajstić information content (AvgIpc) is 2.18. The second kappa shape index (κ2) is 6.83. The van der Waals surface area contributed by atoms with Gasteiger partial charge in [-0.1, -0.05) is 13.8 Å². The van der Waals surface area contributed by atoms with E-state index in [1.54, 1.807) is 0 Å². The quantitative estimate of drug-likeness (QED) is 0.640. The van der Waals surface area contributed by atoms with E-state index in [1.807, 2.05) is 13.8 Å². The maximum absolute atomic E-state index is 11.4. The third-order valence-electron chi connectivity index (χ3n) is 2.39. The van der Waals surface area contributed by atoms with Crippen LogP contribution in [-0.2, 0) is 19.0 Å². The molecule has 1 aliphatic rings. The lowest BCUT2D eigenvalue weighted by molar-refractivity contribution is -0.147. The molecule has 1 fully saturated rings. The molecule has 1 aliphatic heterocycles. The number of nitrogens with one attached hydrogen (secondary N) is 1. The summed E-state index contributed by atoms with van der Waals surface area (Å²) in [5.74, 6) is -0.234. The summed E-state index contributed by atoms with van der Waals surface area (Å²) < 4.78 is 15.2. The molecule has 0 aromatic heterocycles. The molecule has 0 saturated carbocycles. The van der Waals surface area contributed by atoms with Crippen LogP contribution in [0.15, 0.2) is 0 Å². The van der Waals surface area contributed by atoms with Crippen molar-refractivity contribution in [2.75, 3.05) is 26.9 Å². The lowest BCUT2D eigenvalue weighted by Crippen LogP contribution is -2.43. The molecule has 0 spiro atoms. The van der Waals surface area contributed by atoms with Crippen molar-refractivity contribution in [1.82, 2.24) is 5.32 Å². The Morgan fingerprint density at radius 3 is 2.62 bits per heavy atom. The smallest absolute Gasteiger partial charge is 0.322 e. The molecule has 1 saturated heterocycles. The summed E-state index contributed by atoms with van der Waals surface area (Å²) in [5, 5.41) is 3.15. The molecule has 1 rings (SSSR count). The zero-order valence-corrected chi connectivity index (χ0v) is 10.2. The van der Waals surface area contributed by atoms with Gasteiger partial charge in [-0.15, -0.1) is 0 Å². The molecule has 0 bridgehead atoms. The van der Waals surface area contributed by atoms with Crippen LogP contribution < -0.4 is 5.32 Å². The van der Waals surface area contributed by atoms with Crippen molar-refractivity contribution >= 4 is 5.97 Å². The summed E-state index contributed by atoms with van der Waals surface area (Å²) in [4.78, 5) is 11.4. The van der Waals surface area contributed by atoms with Crippen LogP contribution in [0.4, 0.5) is 0 Å². The summed E-state index contributed by atoms with van der Waals surface area (Å²) in [6, 6.07) is -0.0397. The fourth-order valence-electron chi connectivity index (χ4n) is 1.48. The Morgan fingerprint density at radius 2 is 2.19 bits per heavy atom. The average molecular weight is 231 g/mol. The van der Waals surface area contributed by atoms with Gasteiger partial charge in [0.1, 0.15) is 12.1 Å². The SMILES string of the molecule is COC(=O)C(CCOC1COC1)NC(C)C. The molecule has 0 aromatic carbocycles. The van der Waals surface area contributed by atoms with Crippen molar-refractivity contribution in [2.24, 2.45) is 0 Å². The van der Waals surface area contributed by atoms with E-state index >= 15 is 0 Å². The molecule has 1 unspecified atom stereocenters. The Kier molecular flexibility index (Phi) is 5.73. The summed E-state index contributed by atoms with van der Waals surface area (Å²) in [7, 11) is 1.40. The predicted octanol–water partition coefficient (Wildman–Crippen LogP) is 0.331. The molecule has 0 aromatic rings. The van der Waals surface area contributed by atoms with Gasteiger partial charge in [-0.2, -0.15) is 0 Å².